The zero-order valence-electron chi connectivity index (χ0n) is 8.76. The van der Waals surface area contributed by atoms with Gasteiger partial charge in [0.1, 0.15) is 0 Å². The maximum absolute atomic E-state index is 12.0. The van der Waals surface area contributed by atoms with Crippen LogP contribution in [0.1, 0.15) is 16.1 Å². The molecule has 0 atom stereocenters. The Morgan fingerprint density at radius 3 is 2.53 bits per heavy atom. The van der Waals surface area contributed by atoms with Crippen LogP contribution in [0, 0.1) is 10.5 Å². The molecule has 1 heterocycles. The highest BCUT2D eigenvalue weighted by atomic mass is 127. The third kappa shape index (κ3) is 3.72. The van der Waals surface area contributed by atoms with E-state index < -0.39 is 18.2 Å². The van der Waals surface area contributed by atoms with Gasteiger partial charge in [0.05, 0.1) is 21.9 Å². The van der Waals surface area contributed by atoms with Gasteiger partial charge in [-0.05, 0) is 35.6 Å². The molecule has 17 heavy (non-hydrogen) atoms. The van der Waals surface area contributed by atoms with Crippen LogP contribution >= 0.6 is 22.6 Å². The molecule has 0 bridgehead atoms. The first-order valence-corrected chi connectivity index (χ1v) is 5.33. The number of carbonyl (C=O) groups is 1. The number of rotatable bonds is 2. The first kappa shape index (κ1) is 14.0. The Labute approximate surface area is 108 Å². The topological polar surface area (TPSA) is 48.4 Å². The van der Waals surface area contributed by atoms with Gasteiger partial charge in [0.25, 0.3) is 0 Å². The molecule has 0 N–H and O–H groups in total. The van der Waals surface area contributed by atoms with Gasteiger partial charge < -0.3 is 9.47 Å². The van der Waals surface area contributed by atoms with Crippen LogP contribution in [0.3, 0.4) is 0 Å². The summed E-state index contributed by atoms with van der Waals surface area (Å²) in [6.45, 7) is 1.39. The van der Waals surface area contributed by atoms with E-state index >= 15 is 0 Å². The number of carbonyl (C=O) groups excluding carboxylic acids is 1. The number of aromatic nitrogens is 1. The highest BCUT2D eigenvalue weighted by Crippen LogP contribution is 2.27. The summed E-state index contributed by atoms with van der Waals surface area (Å²) in [5.74, 6) is -1.24. The molecule has 0 aliphatic rings. The number of hydrogen-bond acceptors (Lipinski definition) is 4. The van der Waals surface area contributed by atoms with Gasteiger partial charge in [-0.15, -0.1) is 13.2 Å². The average molecular weight is 361 g/mol. The summed E-state index contributed by atoms with van der Waals surface area (Å²) < 4.78 is 44.3. The summed E-state index contributed by atoms with van der Waals surface area (Å²) in [7, 11) is 1.18. The lowest BCUT2D eigenvalue weighted by Crippen LogP contribution is -2.19. The maximum atomic E-state index is 12.0. The highest BCUT2D eigenvalue weighted by Gasteiger charge is 2.33. The third-order valence-corrected chi connectivity index (χ3v) is 2.52. The molecule has 0 aliphatic carbocycles. The molecule has 1 aromatic rings. The molecule has 0 saturated heterocycles. The molecule has 8 heteroatoms. The largest absolute Gasteiger partial charge is 0.574 e. The Morgan fingerprint density at radius 1 is 1.47 bits per heavy atom. The van der Waals surface area contributed by atoms with Gasteiger partial charge in [0.2, 0.25) is 5.88 Å². The van der Waals surface area contributed by atoms with Crippen molar-refractivity contribution < 1.29 is 27.4 Å². The monoisotopic (exact) mass is 361 g/mol. The van der Waals surface area contributed by atoms with Crippen molar-refractivity contribution in [2.24, 2.45) is 0 Å². The van der Waals surface area contributed by atoms with Crippen LogP contribution in [0.15, 0.2) is 6.07 Å². The van der Waals surface area contributed by atoms with Gasteiger partial charge in [0.15, 0.2) is 0 Å². The molecule has 0 radical (unpaired) electrons. The minimum Gasteiger partial charge on any atom is -0.465 e. The molecular weight excluding hydrogens is 354 g/mol. The number of methoxy groups -OCH3 is 1. The fourth-order valence-corrected chi connectivity index (χ4v) is 1.60. The standard InChI is InChI=1S/C9H7F3INO3/c1-4-5(8(15)16-2)3-6(13)7(14-4)17-9(10,11)12/h3H,1-2H3. The number of aryl methyl sites for hydroxylation is 1. The molecular formula is C9H7F3INO3. The summed E-state index contributed by atoms with van der Waals surface area (Å²) in [5, 5.41) is 0. The van der Waals surface area contributed by atoms with Gasteiger partial charge in [0, 0.05) is 0 Å². The quantitative estimate of drug-likeness (QED) is 0.601. The second-order valence-corrected chi connectivity index (χ2v) is 4.11. The van der Waals surface area contributed by atoms with E-state index in [-0.39, 0.29) is 14.8 Å². The van der Waals surface area contributed by atoms with E-state index in [1.165, 1.54) is 20.1 Å². The Hall–Kier alpha value is -1.06. The molecule has 1 aromatic heterocycles. The van der Waals surface area contributed by atoms with Crippen LogP contribution in [0.25, 0.3) is 0 Å². The zero-order chi connectivity index (χ0) is 13.2. The molecule has 0 saturated carbocycles. The fourth-order valence-electron chi connectivity index (χ4n) is 1.06. The van der Waals surface area contributed by atoms with Crippen molar-refractivity contribution in [3.63, 3.8) is 0 Å². The fraction of sp³-hybridized carbons (Fsp3) is 0.333. The van der Waals surface area contributed by atoms with E-state index in [4.69, 9.17) is 0 Å². The summed E-state index contributed by atoms with van der Waals surface area (Å²) in [6, 6.07) is 1.23. The first-order chi connectivity index (χ1) is 7.74. The predicted molar refractivity (Wildman–Crippen MR) is 59.7 cm³/mol. The Kier molecular flexibility index (Phi) is 4.17. The Balaban J connectivity index is 3.14. The number of ether oxygens (including phenoxy) is 2. The van der Waals surface area contributed by atoms with Crippen molar-refractivity contribution in [2.45, 2.75) is 13.3 Å². The molecule has 94 valence electrons. The SMILES string of the molecule is COC(=O)c1cc(I)c(OC(F)(F)F)nc1C. The zero-order valence-corrected chi connectivity index (χ0v) is 10.9. The van der Waals surface area contributed by atoms with Crippen LogP contribution in [0.4, 0.5) is 13.2 Å². The van der Waals surface area contributed by atoms with E-state index in [2.05, 4.69) is 14.5 Å². The lowest BCUT2D eigenvalue weighted by Gasteiger charge is -2.11. The summed E-state index contributed by atoms with van der Waals surface area (Å²) >= 11 is 1.60. The number of alkyl halides is 3. The minimum absolute atomic E-state index is 0.0749. The van der Waals surface area contributed by atoms with Crippen molar-refractivity contribution in [3.05, 3.63) is 20.9 Å². The van der Waals surface area contributed by atoms with Crippen molar-refractivity contribution in [3.8, 4) is 5.88 Å². The average Bonchev–Trinajstić information content (AvgIpc) is 2.20. The smallest absolute Gasteiger partial charge is 0.465 e. The second-order valence-electron chi connectivity index (χ2n) is 2.95. The third-order valence-electron chi connectivity index (χ3n) is 1.75. The van der Waals surface area contributed by atoms with Crippen molar-refractivity contribution >= 4 is 28.6 Å². The van der Waals surface area contributed by atoms with Crippen LogP contribution in [0.5, 0.6) is 5.88 Å². The van der Waals surface area contributed by atoms with Gasteiger partial charge in [-0.1, -0.05) is 0 Å². The van der Waals surface area contributed by atoms with E-state index in [0.717, 1.165) is 0 Å². The first-order valence-electron chi connectivity index (χ1n) is 4.26. The van der Waals surface area contributed by atoms with Crippen LogP contribution in [0.2, 0.25) is 0 Å². The molecule has 0 unspecified atom stereocenters. The van der Waals surface area contributed by atoms with Crippen LogP contribution in [-0.4, -0.2) is 24.4 Å². The molecule has 0 spiro atoms. The minimum atomic E-state index is -4.81. The number of halogens is 4. The molecule has 0 aromatic carbocycles. The Bertz CT molecular complexity index is 448. The van der Waals surface area contributed by atoms with Gasteiger partial charge >= 0.3 is 12.3 Å². The highest BCUT2D eigenvalue weighted by molar-refractivity contribution is 14.1. The van der Waals surface area contributed by atoms with Crippen LogP contribution in [-0.2, 0) is 4.74 Å². The molecule has 0 amide bonds. The van der Waals surface area contributed by atoms with Gasteiger partial charge in [-0.2, -0.15) is 0 Å². The van der Waals surface area contributed by atoms with E-state index in [1.807, 2.05) is 0 Å². The summed E-state index contributed by atoms with van der Waals surface area (Å²) in [5.41, 5.74) is 0.211. The van der Waals surface area contributed by atoms with Crippen LogP contribution < -0.4 is 4.74 Å². The number of hydrogen-bond donors (Lipinski definition) is 0. The number of esters is 1. The molecule has 4 nitrogen and oxygen atoms in total. The van der Waals surface area contributed by atoms with E-state index in [1.54, 1.807) is 22.6 Å². The van der Waals surface area contributed by atoms with Gasteiger partial charge in [-0.25, -0.2) is 9.78 Å². The molecule has 0 aliphatic heterocycles. The normalized spacial score (nSPS) is 11.2. The lowest BCUT2D eigenvalue weighted by molar-refractivity contribution is -0.276. The van der Waals surface area contributed by atoms with Crippen molar-refractivity contribution in [1.82, 2.24) is 4.98 Å². The van der Waals surface area contributed by atoms with Crippen molar-refractivity contribution in [1.29, 1.82) is 0 Å². The van der Waals surface area contributed by atoms with E-state index in [9.17, 15) is 18.0 Å². The number of pyridine rings is 1. The maximum Gasteiger partial charge on any atom is 0.574 e. The van der Waals surface area contributed by atoms with Gasteiger partial charge in [-0.3, -0.25) is 0 Å². The molecule has 1 rings (SSSR count). The predicted octanol–water partition coefficient (Wildman–Crippen LogP) is 2.68. The second kappa shape index (κ2) is 5.07. The molecule has 0 fully saturated rings. The van der Waals surface area contributed by atoms with Crippen molar-refractivity contribution in [2.75, 3.05) is 7.11 Å². The number of nitrogens with zero attached hydrogens (tertiary/aromatic N) is 1. The van der Waals surface area contributed by atoms with E-state index in [0.29, 0.717) is 0 Å². The lowest BCUT2D eigenvalue weighted by atomic mass is 10.2. The summed E-state index contributed by atoms with van der Waals surface area (Å²) in [6.07, 6.45) is -4.81. The Morgan fingerprint density at radius 2 is 2.06 bits per heavy atom. The summed E-state index contributed by atoms with van der Waals surface area (Å²) in [4.78, 5) is 14.8.